The second kappa shape index (κ2) is 9.01. The second-order valence-electron chi connectivity index (χ2n) is 7.06. The van der Waals surface area contributed by atoms with Crippen molar-refractivity contribution in [2.24, 2.45) is 5.92 Å². The van der Waals surface area contributed by atoms with Gasteiger partial charge in [0.25, 0.3) is 5.91 Å². The average Bonchev–Trinajstić information content (AvgIpc) is 3.33. The molecule has 2 atom stereocenters. The van der Waals surface area contributed by atoms with Crippen molar-refractivity contribution in [2.45, 2.75) is 13.0 Å². The Balaban J connectivity index is 1.53. The number of nitrogens with one attached hydrogen (secondary N) is 3. The van der Waals surface area contributed by atoms with Gasteiger partial charge in [-0.05, 0) is 60.6 Å². The summed E-state index contributed by atoms with van der Waals surface area (Å²) in [6.07, 6.45) is 1.86. The van der Waals surface area contributed by atoms with Crippen molar-refractivity contribution in [1.82, 2.24) is 10.9 Å². The van der Waals surface area contributed by atoms with Crippen LogP contribution in [0.25, 0.3) is 0 Å². The molecule has 2 aliphatic rings. The summed E-state index contributed by atoms with van der Waals surface area (Å²) in [5.41, 5.74) is 8.05. The molecule has 31 heavy (non-hydrogen) atoms. The van der Waals surface area contributed by atoms with E-state index in [0.717, 1.165) is 17.3 Å². The molecule has 3 N–H and O–H groups in total. The van der Waals surface area contributed by atoms with Crippen molar-refractivity contribution in [2.75, 3.05) is 18.1 Å². The Morgan fingerprint density at radius 2 is 1.97 bits per heavy atom. The SMILES string of the molecule is CCOC(=O)c1ccc(N2C(=N)S/C(=C\C3CNNC3c3ccc(F)cc3)C2=O)cc1. The van der Waals surface area contributed by atoms with Gasteiger partial charge < -0.3 is 4.74 Å². The number of anilines is 1. The molecule has 2 aromatic carbocycles. The van der Waals surface area contributed by atoms with Gasteiger partial charge in [0.1, 0.15) is 5.82 Å². The maximum absolute atomic E-state index is 13.3. The molecule has 4 rings (SSSR count). The molecule has 2 aromatic rings. The van der Waals surface area contributed by atoms with Gasteiger partial charge in [-0.3, -0.25) is 20.5 Å². The summed E-state index contributed by atoms with van der Waals surface area (Å²) in [5, 5.41) is 8.38. The Bertz CT molecular complexity index is 1040. The summed E-state index contributed by atoms with van der Waals surface area (Å²) in [6, 6.07) is 12.5. The van der Waals surface area contributed by atoms with E-state index in [4.69, 9.17) is 10.1 Å². The van der Waals surface area contributed by atoms with E-state index in [2.05, 4.69) is 10.9 Å². The zero-order valence-corrected chi connectivity index (χ0v) is 17.5. The summed E-state index contributed by atoms with van der Waals surface area (Å²) in [7, 11) is 0. The maximum Gasteiger partial charge on any atom is 0.338 e. The number of hydrazine groups is 1. The third-order valence-corrected chi connectivity index (χ3v) is 5.98. The van der Waals surface area contributed by atoms with Crippen LogP contribution in [0, 0.1) is 17.1 Å². The van der Waals surface area contributed by atoms with Crippen molar-refractivity contribution in [3.05, 3.63) is 76.5 Å². The smallest absolute Gasteiger partial charge is 0.338 e. The van der Waals surface area contributed by atoms with Crippen LogP contribution >= 0.6 is 11.8 Å². The number of amidine groups is 1. The standard InChI is InChI=1S/C22H21FN4O3S/c1-2-30-21(29)14-5-9-17(10-6-14)27-20(28)18(31-22(27)24)11-15-12-25-26-19(15)13-3-7-16(23)8-4-13/h3-11,15,19,24-26H,2,12H2,1H3/b18-11-,24-22?. The third-order valence-electron chi connectivity index (χ3n) is 5.08. The number of benzene rings is 2. The van der Waals surface area contributed by atoms with Crippen LogP contribution in [0.4, 0.5) is 10.1 Å². The fourth-order valence-corrected chi connectivity index (χ4v) is 4.47. The summed E-state index contributed by atoms with van der Waals surface area (Å²) in [5.74, 6) is -1.07. The number of halogens is 1. The number of ether oxygens (including phenoxy) is 1. The number of carbonyl (C=O) groups excluding carboxylic acids is 2. The van der Waals surface area contributed by atoms with Crippen LogP contribution in [0.5, 0.6) is 0 Å². The summed E-state index contributed by atoms with van der Waals surface area (Å²) in [6.45, 7) is 2.61. The lowest BCUT2D eigenvalue weighted by atomic mass is 9.94. The van der Waals surface area contributed by atoms with Gasteiger partial charge in [0, 0.05) is 12.5 Å². The van der Waals surface area contributed by atoms with Crippen LogP contribution in [0.3, 0.4) is 0 Å². The fourth-order valence-electron chi connectivity index (χ4n) is 3.56. The number of amides is 1. The number of hydrogen-bond acceptors (Lipinski definition) is 7. The lowest BCUT2D eigenvalue weighted by Gasteiger charge is -2.16. The third kappa shape index (κ3) is 4.39. The van der Waals surface area contributed by atoms with Crippen LogP contribution in [0.1, 0.15) is 28.9 Å². The molecule has 0 aromatic heterocycles. The number of rotatable bonds is 5. The monoisotopic (exact) mass is 440 g/mol. The first-order chi connectivity index (χ1) is 15.0. The Hall–Kier alpha value is -3.01. The first-order valence-electron chi connectivity index (χ1n) is 9.81. The number of esters is 1. The van der Waals surface area contributed by atoms with Gasteiger partial charge in [0.05, 0.1) is 28.8 Å². The molecule has 2 aliphatic heterocycles. The summed E-state index contributed by atoms with van der Waals surface area (Å²) in [4.78, 5) is 26.6. The molecule has 2 heterocycles. The minimum atomic E-state index is -0.431. The number of thioether (sulfide) groups is 1. The molecule has 0 bridgehead atoms. The lowest BCUT2D eigenvalue weighted by Crippen LogP contribution is -2.28. The van der Waals surface area contributed by atoms with Crippen molar-refractivity contribution >= 4 is 34.5 Å². The summed E-state index contributed by atoms with van der Waals surface area (Å²) < 4.78 is 18.2. The number of carbonyl (C=O) groups is 2. The van der Waals surface area contributed by atoms with E-state index in [-0.39, 0.29) is 35.5 Å². The van der Waals surface area contributed by atoms with Crippen LogP contribution in [-0.4, -0.2) is 30.2 Å². The molecule has 160 valence electrons. The molecule has 0 saturated carbocycles. The highest BCUT2D eigenvalue weighted by Crippen LogP contribution is 2.37. The van der Waals surface area contributed by atoms with Crippen molar-refractivity contribution in [1.29, 1.82) is 5.41 Å². The van der Waals surface area contributed by atoms with E-state index in [1.54, 1.807) is 43.3 Å². The van der Waals surface area contributed by atoms with Gasteiger partial charge >= 0.3 is 5.97 Å². The first-order valence-corrected chi connectivity index (χ1v) is 10.6. The van der Waals surface area contributed by atoms with Crippen molar-refractivity contribution in [3.63, 3.8) is 0 Å². The predicted octanol–water partition coefficient (Wildman–Crippen LogP) is 3.37. The molecule has 0 aliphatic carbocycles. The molecular weight excluding hydrogens is 419 g/mol. The molecule has 0 radical (unpaired) electrons. The van der Waals surface area contributed by atoms with Gasteiger partial charge in [-0.25, -0.2) is 14.6 Å². The van der Waals surface area contributed by atoms with E-state index in [9.17, 15) is 14.0 Å². The first kappa shape index (κ1) is 21.2. The molecule has 1 amide bonds. The summed E-state index contributed by atoms with van der Waals surface area (Å²) >= 11 is 1.10. The Morgan fingerprint density at radius 3 is 2.65 bits per heavy atom. The van der Waals surface area contributed by atoms with Gasteiger partial charge in [0.15, 0.2) is 5.17 Å². The Labute approximate surface area is 183 Å². The molecule has 2 unspecified atom stereocenters. The zero-order valence-electron chi connectivity index (χ0n) is 16.7. The highest BCUT2D eigenvalue weighted by Gasteiger charge is 2.36. The quantitative estimate of drug-likeness (QED) is 0.488. The van der Waals surface area contributed by atoms with E-state index in [1.807, 2.05) is 6.08 Å². The Kier molecular flexibility index (Phi) is 6.17. The number of hydrogen-bond donors (Lipinski definition) is 3. The Morgan fingerprint density at radius 1 is 1.26 bits per heavy atom. The normalized spacial score (nSPS) is 22.4. The molecule has 2 fully saturated rings. The van der Waals surface area contributed by atoms with Gasteiger partial charge in [-0.1, -0.05) is 18.2 Å². The topological polar surface area (TPSA) is 94.5 Å². The highest BCUT2D eigenvalue weighted by molar-refractivity contribution is 8.19. The van der Waals surface area contributed by atoms with Gasteiger partial charge in [-0.15, -0.1) is 0 Å². The highest BCUT2D eigenvalue weighted by atomic mass is 32.2. The zero-order chi connectivity index (χ0) is 22.0. The van der Waals surface area contributed by atoms with Crippen LogP contribution in [-0.2, 0) is 9.53 Å². The van der Waals surface area contributed by atoms with Crippen molar-refractivity contribution < 1.29 is 18.7 Å². The van der Waals surface area contributed by atoms with E-state index < -0.39 is 5.97 Å². The molecule has 2 saturated heterocycles. The largest absolute Gasteiger partial charge is 0.462 e. The van der Waals surface area contributed by atoms with Gasteiger partial charge in [0.2, 0.25) is 0 Å². The minimum Gasteiger partial charge on any atom is -0.462 e. The maximum atomic E-state index is 13.3. The van der Waals surface area contributed by atoms with Gasteiger partial charge in [-0.2, -0.15) is 0 Å². The van der Waals surface area contributed by atoms with Crippen molar-refractivity contribution in [3.8, 4) is 0 Å². The molecule has 9 heteroatoms. The molecule has 0 spiro atoms. The molecular formula is C22H21FN4O3S. The van der Waals surface area contributed by atoms with E-state index >= 15 is 0 Å². The predicted molar refractivity (Wildman–Crippen MR) is 117 cm³/mol. The molecule has 7 nitrogen and oxygen atoms in total. The lowest BCUT2D eigenvalue weighted by molar-refractivity contribution is -0.113. The van der Waals surface area contributed by atoms with Crippen LogP contribution < -0.4 is 15.8 Å². The fraction of sp³-hybridized carbons (Fsp3) is 0.227. The van der Waals surface area contributed by atoms with E-state index in [1.165, 1.54) is 17.0 Å². The van der Waals surface area contributed by atoms with Crippen LogP contribution in [0.2, 0.25) is 0 Å². The van der Waals surface area contributed by atoms with Crippen LogP contribution in [0.15, 0.2) is 59.5 Å². The second-order valence-corrected chi connectivity index (χ2v) is 8.10. The minimum absolute atomic E-state index is 0.0455. The van der Waals surface area contributed by atoms with E-state index in [0.29, 0.717) is 22.7 Å². The number of nitrogens with zero attached hydrogens (tertiary/aromatic N) is 1. The average molecular weight is 441 g/mol.